The Bertz CT molecular complexity index is 488. The Morgan fingerprint density at radius 1 is 1.35 bits per heavy atom. The zero-order valence-electron chi connectivity index (χ0n) is 10.7. The van der Waals surface area contributed by atoms with Crippen LogP contribution in [0.15, 0.2) is 18.2 Å². The normalized spacial score (nSPS) is 10.2. The van der Waals surface area contributed by atoms with Crippen LogP contribution in [0.2, 0.25) is 0 Å². The molecule has 0 saturated heterocycles. The van der Waals surface area contributed by atoms with Gasteiger partial charge in [0.15, 0.2) is 0 Å². The van der Waals surface area contributed by atoms with Crippen LogP contribution < -0.4 is 11.3 Å². The van der Waals surface area contributed by atoms with E-state index in [0.29, 0.717) is 0 Å². The van der Waals surface area contributed by atoms with Crippen molar-refractivity contribution in [2.24, 2.45) is 5.84 Å². The minimum Gasteiger partial charge on any atom is -0.395 e. The second-order valence-corrected chi connectivity index (χ2v) is 3.87. The van der Waals surface area contributed by atoms with E-state index in [4.69, 9.17) is 16.1 Å². The average molecular weight is 284 g/mol. The fourth-order valence-electron chi connectivity index (χ4n) is 1.68. The summed E-state index contributed by atoms with van der Waals surface area (Å²) in [6, 6.07) is 3.63. The maximum Gasteiger partial charge on any atom is 0.270 e. The lowest BCUT2D eigenvalue weighted by molar-refractivity contribution is -0.384. The zero-order valence-corrected chi connectivity index (χ0v) is 10.7. The zero-order chi connectivity index (χ0) is 15.1. The fraction of sp³-hybridized carbons (Fsp3) is 0.364. The third-order valence-electron chi connectivity index (χ3n) is 2.63. The van der Waals surface area contributed by atoms with Crippen molar-refractivity contribution in [1.82, 2.24) is 4.90 Å². The first-order chi connectivity index (χ1) is 9.54. The number of carbonyl (C=O) groups excluding carboxylic acids is 1. The van der Waals surface area contributed by atoms with Gasteiger partial charge >= 0.3 is 0 Å². The summed E-state index contributed by atoms with van der Waals surface area (Å²) in [4.78, 5) is 23.6. The van der Waals surface area contributed by atoms with E-state index in [2.05, 4.69) is 5.43 Å². The minimum atomic E-state index is -0.625. The number of nitrogens with zero attached hydrogens (tertiary/aromatic N) is 2. The molecule has 0 aliphatic heterocycles. The van der Waals surface area contributed by atoms with Gasteiger partial charge in [0, 0.05) is 25.2 Å². The van der Waals surface area contributed by atoms with Crippen LogP contribution in [0.3, 0.4) is 0 Å². The van der Waals surface area contributed by atoms with Gasteiger partial charge in [-0.25, -0.2) is 0 Å². The number of nitrogen functional groups attached to an aromatic ring is 1. The third kappa shape index (κ3) is 3.63. The van der Waals surface area contributed by atoms with Gasteiger partial charge in [0.25, 0.3) is 11.6 Å². The number of benzene rings is 1. The van der Waals surface area contributed by atoms with E-state index in [1.165, 1.54) is 17.0 Å². The molecule has 9 heteroatoms. The topological polar surface area (TPSA) is 142 Å². The van der Waals surface area contributed by atoms with Gasteiger partial charge in [-0.3, -0.25) is 20.8 Å². The summed E-state index contributed by atoms with van der Waals surface area (Å²) in [6.45, 7) is -0.559. The molecule has 1 aromatic rings. The van der Waals surface area contributed by atoms with Crippen molar-refractivity contribution in [1.29, 1.82) is 0 Å². The number of amides is 1. The van der Waals surface area contributed by atoms with E-state index < -0.39 is 10.8 Å². The molecule has 0 aromatic heterocycles. The number of nitrogens with one attached hydrogen (secondary N) is 1. The lowest BCUT2D eigenvalue weighted by Gasteiger charge is -2.21. The molecule has 110 valence electrons. The number of nitro groups is 1. The van der Waals surface area contributed by atoms with Crippen LogP contribution >= 0.6 is 0 Å². The van der Waals surface area contributed by atoms with Crippen molar-refractivity contribution in [2.45, 2.75) is 0 Å². The number of anilines is 1. The minimum absolute atomic E-state index is 0.00333. The Labute approximate surface area is 114 Å². The van der Waals surface area contributed by atoms with E-state index in [1.807, 2.05) is 0 Å². The summed E-state index contributed by atoms with van der Waals surface area (Å²) in [7, 11) is 0. The van der Waals surface area contributed by atoms with Gasteiger partial charge in [-0.2, -0.15) is 0 Å². The Balaban J connectivity index is 3.16. The van der Waals surface area contributed by atoms with Crippen molar-refractivity contribution >= 4 is 17.3 Å². The van der Waals surface area contributed by atoms with Crippen molar-refractivity contribution in [3.05, 3.63) is 33.9 Å². The summed E-state index contributed by atoms with van der Waals surface area (Å²) in [6.07, 6.45) is 0. The molecule has 9 nitrogen and oxygen atoms in total. The molecule has 0 saturated carbocycles. The molecule has 0 bridgehead atoms. The average Bonchev–Trinajstić information content (AvgIpc) is 2.45. The van der Waals surface area contributed by atoms with E-state index in [-0.39, 0.29) is 43.2 Å². The van der Waals surface area contributed by atoms with Crippen molar-refractivity contribution < 1.29 is 19.9 Å². The van der Waals surface area contributed by atoms with Gasteiger partial charge < -0.3 is 20.5 Å². The maximum absolute atomic E-state index is 12.3. The molecule has 0 fully saturated rings. The van der Waals surface area contributed by atoms with E-state index in [9.17, 15) is 14.9 Å². The molecule has 1 amide bonds. The highest BCUT2D eigenvalue weighted by Crippen LogP contribution is 2.22. The SMILES string of the molecule is NNc1ccc([N+](=O)[O-])cc1C(=O)N(CCO)CCO. The smallest absolute Gasteiger partial charge is 0.270 e. The predicted molar refractivity (Wildman–Crippen MR) is 71.0 cm³/mol. The lowest BCUT2D eigenvalue weighted by Crippen LogP contribution is -2.36. The first-order valence-electron chi connectivity index (χ1n) is 5.81. The molecule has 0 heterocycles. The molecule has 20 heavy (non-hydrogen) atoms. The van der Waals surface area contributed by atoms with Crippen molar-refractivity contribution in [3.8, 4) is 0 Å². The molecule has 0 unspecified atom stereocenters. The highest BCUT2D eigenvalue weighted by Gasteiger charge is 2.21. The number of non-ortho nitro benzene ring substituents is 1. The number of nitro benzene ring substituents is 1. The molecule has 1 rings (SSSR count). The van der Waals surface area contributed by atoms with Crippen molar-refractivity contribution in [3.63, 3.8) is 0 Å². The summed E-state index contributed by atoms with van der Waals surface area (Å²) < 4.78 is 0. The fourth-order valence-corrected chi connectivity index (χ4v) is 1.68. The number of nitrogens with two attached hydrogens (primary N) is 1. The monoisotopic (exact) mass is 284 g/mol. The van der Waals surface area contributed by atoms with E-state index in [0.717, 1.165) is 6.07 Å². The number of hydrogen-bond acceptors (Lipinski definition) is 7. The molecule has 1 aromatic carbocycles. The van der Waals surface area contributed by atoms with Gasteiger partial charge in [-0.15, -0.1) is 0 Å². The maximum atomic E-state index is 12.3. The van der Waals surface area contributed by atoms with Crippen LogP contribution in [-0.2, 0) is 0 Å². The van der Waals surface area contributed by atoms with Gasteiger partial charge in [-0.05, 0) is 6.07 Å². The number of aliphatic hydroxyl groups is 2. The molecule has 0 spiro atoms. The molecule has 0 atom stereocenters. The summed E-state index contributed by atoms with van der Waals surface area (Å²) in [5, 5.41) is 28.6. The lowest BCUT2D eigenvalue weighted by atomic mass is 10.1. The summed E-state index contributed by atoms with van der Waals surface area (Å²) in [5.41, 5.74) is 2.26. The number of rotatable bonds is 7. The third-order valence-corrected chi connectivity index (χ3v) is 2.63. The Morgan fingerprint density at radius 3 is 2.40 bits per heavy atom. The van der Waals surface area contributed by atoms with Crippen LogP contribution in [-0.4, -0.2) is 52.2 Å². The molecular formula is C11H16N4O5. The molecule has 0 aliphatic carbocycles. The Kier molecular flexibility index (Phi) is 5.84. The number of hydrogen-bond donors (Lipinski definition) is 4. The number of hydrazine groups is 1. The second-order valence-electron chi connectivity index (χ2n) is 3.87. The highest BCUT2D eigenvalue weighted by atomic mass is 16.6. The largest absolute Gasteiger partial charge is 0.395 e. The predicted octanol–water partition coefficient (Wildman–Crippen LogP) is -0.693. The van der Waals surface area contributed by atoms with Crippen LogP contribution in [0, 0.1) is 10.1 Å². The quantitative estimate of drug-likeness (QED) is 0.295. The number of aliphatic hydroxyl groups excluding tert-OH is 2. The van der Waals surface area contributed by atoms with Gasteiger partial charge in [0.05, 0.1) is 29.4 Å². The Hall–Kier alpha value is -2.23. The van der Waals surface area contributed by atoms with E-state index >= 15 is 0 Å². The van der Waals surface area contributed by atoms with Gasteiger partial charge in [0.1, 0.15) is 0 Å². The molecule has 0 aliphatic rings. The standard InChI is InChI=1S/C11H16N4O5/c12-13-10-2-1-8(15(19)20)7-9(10)11(18)14(3-5-16)4-6-17/h1-2,7,13,16-17H,3-6,12H2. The van der Waals surface area contributed by atoms with Gasteiger partial charge in [0.2, 0.25) is 0 Å². The van der Waals surface area contributed by atoms with Crippen LogP contribution in [0.1, 0.15) is 10.4 Å². The van der Waals surface area contributed by atoms with Gasteiger partial charge in [-0.1, -0.05) is 0 Å². The molecular weight excluding hydrogens is 268 g/mol. The number of carbonyl (C=O) groups is 1. The first kappa shape index (κ1) is 15.8. The highest BCUT2D eigenvalue weighted by molar-refractivity contribution is 6.00. The van der Waals surface area contributed by atoms with Crippen LogP contribution in [0.5, 0.6) is 0 Å². The Morgan fingerprint density at radius 2 is 1.95 bits per heavy atom. The second kappa shape index (κ2) is 7.38. The molecule has 5 N–H and O–H groups in total. The molecule has 0 radical (unpaired) electrons. The van der Waals surface area contributed by atoms with Crippen LogP contribution in [0.25, 0.3) is 0 Å². The van der Waals surface area contributed by atoms with Crippen LogP contribution in [0.4, 0.5) is 11.4 Å². The van der Waals surface area contributed by atoms with E-state index in [1.54, 1.807) is 0 Å². The summed E-state index contributed by atoms with van der Waals surface area (Å²) in [5.74, 6) is 4.71. The first-order valence-corrected chi connectivity index (χ1v) is 5.81. The van der Waals surface area contributed by atoms with Crippen molar-refractivity contribution in [2.75, 3.05) is 31.7 Å². The summed E-state index contributed by atoms with van der Waals surface area (Å²) >= 11 is 0.